The van der Waals surface area contributed by atoms with Gasteiger partial charge in [0, 0.05) is 19.2 Å². The van der Waals surface area contributed by atoms with Crippen LogP contribution >= 0.6 is 0 Å². The van der Waals surface area contributed by atoms with E-state index in [0.717, 1.165) is 18.6 Å². The van der Waals surface area contributed by atoms with Crippen LogP contribution in [0.3, 0.4) is 0 Å². The maximum Gasteiger partial charge on any atom is 0.0702 e. The van der Waals surface area contributed by atoms with Crippen LogP contribution in [0.25, 0.3) is 0 Å². The molecule has 0 spiro atoms. The maximum absolute atomic E-state index is 5.75. The van der Waals surface area contributed by atoms with E-state index in [1.807, 2.05) is 0 Å². The fourth-order valence-corrected chi connectivity index (χ4v) is 3.49. The zero-order valence-electron chi connectivity index (χ0n) is 9.66. The third kappa shape index (κ3) is 2.07. The van der Waals surface area contributed by atoms with Gasteiger partial charge in [-0.15, -0.1) is 0 Å². The zero-order chi connectivity index (χ0) is 10.1. The Kier molecular flexibility index (Phi) is 2.98. The lowest BCUT2D eigenvalue weighted by molar-refractivity contribution is 0.0481. The lowest BCUT2D eigenvalue weighted by Crippen LogP contribution is -2.42. The number of likely N-dealkylation sites (tertiary alicyclic amines) is 1. The Balaban J connectivity index is 1.54. The van der Waals surface area contributed by atoms with Gasteiger partial charge in [0.2, 0.25) is 0 Å². The van der Waals surface area contributed by atoms with Crippen LogP contribution in [0.2, 0.25) is 0 Å². The predicted octanol–water partition coefficient (Wildman–Crippen LogP) is 2.43. The van der Waals surface area contributed by atoms with Crippen molar-refractivity contribution >= 4 is 0 Å². The molecule has 2 heteroatoms. The molecule has 1 aliphatic carbocycles. The molecule has 0 N–H and O–H groups in total. The Bertz CT molecular complexity index is 209. The fraction of sp³-hybridized carbons (Fsp3) is 1.00. The highest BCUT2D eigenvalue weighted by Gasteiger charge is 2.36. The second kappa shape index (κ2) is 4.42. The van der Waals surface area contributed by atoms with E-state index in [2.05, 4.69) is 4.90 Å². The molecule has 2 saturated heterocycles. The van der Waals surface area contributed by atoms with Gasteiger partial charge in [0.1, 0.15) is 0 Å². The molecule has 2 atom stereocenters. The van der Waals surface area contributed by atoms with Gasteiger partial charge >= 0.3 is 0 Å². The van der Waals surface area contributed by atoms with Crippen molar-refractivity contribution in [3.05, 3.63) is 0 Å². The van der Waals surface area contributed by atoms with Gasteiger partial charge in [0.05, 0.1) is 6.10 Å². The van der Waals surface area contributed by atoms with Crippen molar-refractivity contribution in [1.82, 2.24) is 4.90 Å². The van der Waals surface area contributed by atoms with E-state index in [0.29, 0.717) is 6.10 Å². The standard InChI is InChI=1S/C13H23NO/c1-4-11(5-1)13-7-2-8-14(13)10-12-6-3-9-15-12/h11-13H,1-10H2. The molecule has 3 aliphatic rings. The van der Waals surface area contributed by atoms with Crippen LogP contribution in [0.4, 0.5) is 0 Å². The molecular formula is C13H23NO. The van der Waals surface area contributed by atoms with E-state index in [4.69, 9.17) is 4.74 Å². The van der Waals surface area contributed by atoms with Crippen LogP contribution < -0.4 is 0 Å². The molecule has 0 bridgehead atoms. The molecule has 1 saturated carbocycles. The van der Waals surface area contributed by atoms with E-state index >= 15 is 0 Å². The summed E-state index contributed by atoms with van der Waals surface area (Å²) in [4.78, 5) is 2.74. The van der Waals surface area contributed by atoms with E-state index in [9.17, 15) is 0 Å². The Labute approximate surface area is 93.0 Å². The summed E-state index contributed by atoms with van der Waals surface area (Å²) in [6, 6.07) is 0.919. The molecule has 0 amide bonds. The van der Waals surface area contributed by atoms with Crippen molar-refractivity contribution in [1.29, 1.82) is 0 Å². The molecule has 2 unspecified atom stereocenters. The van der Waals surface area contributed by atoms with Crippen LogP contribution in [0.15, 0.2) is 0 Å². The molecule has 0 radical (unpaired) electrons. The largest absolute Gasteiger partial charge is 0.377 e. The van der Waals surface area contributed by atoms with Gasteiger partial charge < -0.3 is 4.74 Å². The molecular weight excluding hydrogens is 186 g/mol. The molecule has 15 heavy (non-hydrogen) atoms. The molecule has 0 aromatic rings. The molecule has 2 aliphatic heterocycles. The topological polar surface area (TPSA) is 12.5 Å². The Morgan fingerprint density at radius 3 is 2.60 bits per heavy atom. The molecule has 2 nitrogen and oxygen atoms in total. The monoisotopic (exact) mass is 209 g/mol. The van der Waals surface area contributed by atoms with E-state index in [-0.39, 0.29) is 0 Å². The quantitative estimate of drug-likeness (QED) is 0.708. The lowest BCUT2D eigenvalue weighted by Gasteiger charge is -2.37. The summed E-state index contributed by atoms with van der Waals surface area (Å²) in [6.07, 6.45) is 10.5. The highest BCUT2D eigenvalue weighted by Crippen LogP contribution is 2.37. The number of hydrogen-bond donors (Lipinski definition) is 0. The lowest BCUT2D eigenvalue weighted by atomic mass is 9.79. The first kappa shape index (κ1) is 10.1. The van der Waals surface area contributed by atoms with Gasteiger partial charge in [-0.2, -0.15) is 0 Å². The summed E-state index contributed by atoms with van der Waals surface area (Å²) < 4.78 is 5.75. The minimum absolute atomic E-state index is 0.561. The number of ether oxygens (including phenoxy) is 1. The molecule has 86 valence electrons. The fourth-order valence-electron chi connectivity index (χ4n) is 3.49. The second-order valence-corrected chi connectivity index (χ2v) is 5.53. The third-order valence-electron chi connectivity index (χ3n) is 4.57. The van der Waals surface area contributed by atoms with Crippen LogP contribution in [0, 0.1) is 5.92 Å². The smallest absolute Gasteiger partial charge is 0.0702 e. The van der Waals surface area contributed by atoms with E-state index < -0.39 is 0 Å². The average Bonchev–Trinajstić information content (AvgIpc) is 2.76. The van der Waals surface area contributed by atoms with Crippen molar-refractivity contribution in [3.63, 3.8) is 0 Å². The summed E-state index contributed by atoms with van der Waals surface area (Å²) >= 11 is 0. The first-order valence-electron chi connectivity index (χ1n) is 6.79. The van der Waals surface area contributed by atoms with Crippen molar-refractivity contribution in [2.24, 2.45) is 5.92 Å². The SMILES string of the molecule is C1COC(CN2CCCC2C2CCC2)C1. The Hall–Kier alpha value is -0.0800. The molecule has 0 aromatic heterocycles. The number of hydrogen-bond acceptors (Lipinski definition) is 2. The van der Waals surface area contributed by atoms with E-state index in [1.54, 1.807) is 0 Å². The highest BCUT2D eigenvalue weighted by molar-refractivity contribution is 4.90. The summed E-state index contributed by atoms with van der Waals surface area (Å²) in [7, 11) is 0. The van der Waals surface area contributed by atoms with Crippen molar-refractivity contribution < 1.29 is 4.74 Å². The summed E-state index contributed by atoms with van der Waals surface area (Å²) in [5, 5.41) is 0. The number of nitrogens with zero attached hydrogens (tertiary/aromatic N) is 1. The maximum atomic E-state index is 5.75. The third-order valence-corrected chi connectivity index (χ3v) is 4.57. The van der Waals surface area contributed by atoms with Gasteiger partial charge in [0.25, 0.3) is 0 Å². The summed E-state index contributed by atoms with van der Waals surface area (Å²) in [5.74, 6) is 1.04. The average molecular weight is 209 g/mol. The van der Waals surface area contributed by atoms with Crippen LogP contribution in [-0.2, 0) is 4.74 Å². The van der Waals surface area contributed by atoms with Gasteiger partial charge in [-0.1, -0.05) is 6.42 Å². The van der Waals surface area contributed by atoms with Crippen LogP contribution in [0.1, 0.15) is 44.9 Å². The Morgan fingerprint density at radius 1 is 1.00 bits per heavy atom. The predicted molar refractivity (Wildman–Crippen MR) is 60.9 cm³/mol. The Morgan fingerprint density at radius 2 is 1.93 bits per heavy atom. The minimum Gasteiger partial charge on any atom is -0.377 e. The highest BCUT2D eigenvalue weighted by atomic mass is 16.5. The molecule has 0 aromatic carbocycles. The summed E-state index contributed by atoms with van der Waals surface area (Å²) in [5.41, 5.74) is 0. The first-order chi connectivity index (χ1) is 7.43. The van der Waals surface area contributed by atoms with Crippen LogP contribution in [-0.4, -0.2) is 36.7 Å². The number of rotatable bonds is 3. The van der Waals surface area contributed by atoms with Gasteiger partial charge in [-0.05, 0) is 51.0 Å². The molecule has 3 rings (SSSR count). The normalized spacial score (nSPS) is 38.4. The molecule has 3 fully saturated rings. The first-order valence-corrected chi connectivity index (χ1v) is 6.79. The van der Waals surface area contributed by atoms with Crippen molar-refractivity contribution in [2.75, 3.05) is 19.7 Å². The molecule has 2 heterocycles. The van der Waals surface area contributed by atoms with Crippen molar-refractivity contribution in [3.8, 4) is 0 Å². The zero-order valence-corrected chi connectivity index (χ0v) is 9.66. The van der Waals surface area contributed by atoms with Gasteiger partial charge in [-0.3, -0.25) is 4.90 Å². The van der Waals surface area contributed by atoms with Gasteiger partial charge in [0.15, 0.2) is 0 Å². The minimum atomic E-state index is 0.561. The second-order valence-electron chi connectivity index (χ2n) is 5.53. The van der Waals surface area contributed by atoms with Gasteiger partial charge in [-0.25, -0.2) is 0 Å². The van der Waals surface area contributed by atoms with Crippen molar-refractivity contribution in [2.45, 2.75) is 57.1 Å². The summed E-state index contributed by atoms with van der Waals surface area (Å²) in [6.45, 7) is 3.56. The van der Waals surface area contributed by atoms with E-state index in [1.165, 1.54) is 58.0 Å². The van der Waals surface area contributed by atoms with Crippen LogP contribution in [0.5, 0.6) is 0 Å².